The molecule has 0 spiro atoms. The van der Waals surface area contributed by atoms with E-state index in [9.17, 15) is 9.59 Å². The van der Waals surface area contributed by atoms with E-state index in [1.54, 1.807) is 42.6 Å². The Hall–Kier alpha value is -3.91. The third kappa shape index (κ3) is 5.52. The number of carbonyl (C=O) groups is 2. The predicted octanol–water partition coefficient (Wildman–Crippen LogP) is 2.51. The smallest absolute Gasteiger partial charge is 0.254 e. The third-order valence-corrected chi connectivity index (χ3v) is 5.95. The zero-order chi connectivity index (χ0) is 23.9. The number of hydrogen-bond donors (Lipinski definition) is 2. The molecule has 1 fully saturated rings. The van der Waals surface area contributed by atoms with E-state index in [-0.39, 0.29) is 5.91 Å². The Labute approximate surface area is 199 Å². The van der Waals surface area contributed by atoms with Crippen LogP contribution in [0.3, 0.4) is 0 Å². The van der Waals surface area contributed by atoms with Gasteiger partial charge in [0.15, 0.2) is 0 Å². The number of nitrogens with zero attached hydrogens (tertiary/aromatic N) is 3. The number of amides is 2. The van der Waals surface area contributed by atoms with Crippen LogP contribution in [0.15, 0.2) is 73.1 Å². The van der Waals surface area contributed by atoms with Gasteiger partial charge in [-0.25, -0.2) is 0 Å². The summed E-state index contributed by atoms with van der Waals surface area (Å²) in [6.07, 6.45) is 3.50. The van der Waals surface area contributed by atoms with Gasteiger partial charge in [-0.2, -0.15) is 0 Å². The Balaban J connectivity index is 1.49. The first kappa shape index (κ1) is 23.3. The van der Waals surface area contributed by atoms with Gasteiger partial charge in [-0.15, -0.1) is 0 Å². The summed E-state index contributed by atoms with van der Waals surface area (Å²) in [5, 5.41) is 3.31. The number of methoxy groups -OCH3 is 1. The maximum absolute atomic E-state index is 13.4. The summed E-state index contributed by atoms with van der Waals surface area (Å²) >= 11 is 0. The normalized spacial score (nSPS) is 16.1. The van der Waals surface area contributed by atoms with Crippen molar-refractivity contribution in [1.82, 2.24) is 14.8 Å². The van der Waals surface area contributed by atoms with Crippen molar-refractivity contribution < 1.29 is 14.3 Å². The molecule has 1 unspecified atom stereocenters. The van der Waals surface area contributed by atoms with Crippen LogP contribution in [-0.4, -0.2) is 59.4 Å². The lowest BCUT2D eigenvalue weighted by Crippen LogP contribution is -2.59. The van der Waals surface area contributed by atoms with E-state index in [1.165, 1.54) is 0 Å². The van der Waals surface area contributed by atoms with Crippen LogP contribution in [0, 0.1) is 0 Å². The van der Waals surface area contributed by atoms with Crippen LogP contribution >= 0.6 is 0 Å². The van der Waals surface area contributed by atoms with Gasteiger partial charge in [0.1, 0.15) is 11.8 Å². The lowest BCUT2D eigenvalue weighted by molar-refractivity contribution is -0.124. The number of hydrogen-bond acceptors (Lipinski definition) is 6. The fraction of sp³-hybridized carbons (Fsp3) is 0.269. The van der Waals surface area contributed by atoms with E-state index in [2.05, 4.69) is 15.2 Å². The number of rotatable bonds is 8. The first-order chi connectivity index (χ1) is 16.5. The minimum Gasteiger partial charge on any atom is -0.495 e. The average Bonchev–Trinajstić information content (AvgIpc) is 2.88. The molecule has 2 heterocycles. The van der Waals surface area contributed by atoms with Crippen molar-refractivity contribution in [2.75, 3.05) is 32.1 Å². The maximum Gasteiger partial charge on any atom is 0.254 e. The lowest BCUT2D eigenvalue weighted by Gasteiger charge is -2.40. The number of piperazine rings is 1. The first-order valence-electron chi connectivity index (χ1n) is 11.2. The second-order valence-electron chi connectivity index (χ2n) is 8.27. The Kier molecular flexibility index (Phi) is 7.39. The molecule has 1 atom stereocenters. The van der Waals surface area contributed by atoms with Gasteiger partial charge in [0.25, 0.3) is 5.91 Å². The van der Waals surface area contributed by atoms with E-state index in [0.29, 0.717) is 49.7 Å². The van der Waals surface area contributed by atoms with Gasteiger partial charge in [0.2, 0.25) is 5.91 Å². The van der Waals surface area contributed by atoms with Crippen molar-refractivity contribution in [3.63, 3.8) is 0 Å². The Morgan fingerprint density at radius 2 is 1.88 bits per heavy atom. The summed E-state index contributed by atoms with van der Waals surface area (Å²) in [5.74, 6) is -0.107. The highest BCUT2D eigenvalue weighted by Crippen LogP contribution is 2.27. The SMILES string of the molecule is COc1ccc(C(=O)N2CCN(Cc3ccccc3)CC2C(N)=O)cc1NCc1cccnc1. The monoisotopic (exact) mass is 459 g/mol. The standard InChI is InChI=1S/C26H29N5O3/c1-34-24-10-9-21(14-22(24)29-16-20-8-5-11-28-15-20)26(33)31-13-12-30(18-23(31)25(27)32)17-19-6-3-2-4-7-19/h2-11,14-15,23,29H,12-13,16-18H2,1H3,(H2,27,32). The van der Waals surface area contributed by atoms with Crippen LogP contribution in [0.2, 0.25) is 0 Å². The highest BCUT2D eigenvalue weighted by molar-refractivity contribution is 5.98. The van der Waals surface area contributed by atoms with E-state index in [4.69, 9.17) is 10.5 Å². The predicted molar refractivity (Wildman–Crippen MR) is 130 cm³/mol. The Morgan fingerprint density at radius 3 is 2.59 bits per heavy atom. The molecule has 0 bridgehead atoms. The number of nitrogens with two attached hydrogens (primary N) is 1. The summed E-state index contributed by atoms with van der Waals surface area (Å²) < 4.78 is 5.46. The molecule has 8 heteroatoms. The zero-order valence-corrected chi connectivity index (χ0v) is 19.2. The molecule has 176 valence electrons. The number of pyridine rings is 1. The molecule has 8 nitrogen and oxygen atoms in total. The van der Waals surface area contributed by atoms with E-state index in [1.807, 2.05) is 42.5 Å². The fourth-order valence-electron chi connectivity index (χ4n) is 4.16. The number of ether oxygens (including phenoxy) is 1. The van der Waals surface area contributed by atoms with E-state index >= 15 is 0 Å². The van der Waals surface area contributed by atoms with Crippen molar-refractivity contribution in [2.45, 2.75) is 19.1 Å². The molecule has 1 saturated heterocycles. The number of benzene rings is 2. The minimum atomic E-state index is -0.695. The molecule has 0 saturated carbocycles. The quantitative estimate of drug-likeness (QED) is 0.537. The van der Waals surface area contributed by atoms with Crippen molar-refractivity contribution in [2.24, 2.45) is 5.73 Å². The molecule has 4 rings (SSSR count). The highest BCUT2D eigenvalue weighted by Gasteiger charge is 2.34. The van der Waals surface area contributed by atoms with Gasteiger partial charge >= 0.3 is 0 Å². The molecule has 0 radical (unpaired) electrons. The molecule has 2 aromatic carbocycles. The van der Waals surface area contributed by atoms with Gasteiger partial charge in [0, 0.05) is 50.7 Å². The highest BCUT2D eigenvalue weighted by atomic mass is 16.5. The fourth-order valence-corrected chi connectivity index (χ4v) is 4.16. The summed E-state index contributed by atoms with van der Waals surface area (Å²) in [5.41, 5.74) is 9.04. The second-order valence-corrected chi connectivity index (χ2v) is 8.27. The lowest BCUT2D eigenvalue weighted by atomic mass is 10.1. The summed E-state index contributed by atoms with van der Waals surface area (Å²) in [6, 6.07) is 18.4. The maximum atomic E-state index is 13.4. The van der Waals surface area contributed by atoms with Crippen molar-refractivity contribution >= 4 is 17.5 Å². The number of primary amides is 1. The first-order valence-corrected chi connectivity index (χ1v) is 11.2. The molecule has 1 aliphatic rings. The molecular weight excluding hydrogens is 430 g/mol. The topological polar surface area (TPSA) is 101 Å². The molecule has 34 heavy (non-hydrogen) atoms. The Bertz CT molecular complexity index is 1120. The molecular formula is C26H29N5O3. The van der Waals surface area contributed by atoms with Crippen LogP contribution in [0.5, 0.6) is 5.75 Å². The Morgan fingerprint density at radius 1 is 1.09 bits per heavy atom. The number of anilines is 1. The van der Waals surface area contributed by atoms with Gasteiger partial charge in [-0.1, -0.05) is 36.4 Å². The summed E-state index contributed by atoms with van der Waals surface area (Å²) in [7, 11) is 1.58. The van der Waals surface area contributed by atoms with Crippen LogP contribution in [0.1, 0.15) is 21.5 Å². The summed E-state index contributed by atoms with van der Waals surface area (Å²) in [4.78, 5) is 33.6. The molecule has 1 aliphatic heterocycles. The average molecular weight is 460 g/mol. The van der Waals surface area contributed by atoms with Crippen molar-refractivity contribution in [3.8, 4) is 5.75 Å². The van der Waals surface area contributed by atoms with Gasteiger partial charge in [-0.3, -0.25) is 19.5 Å². The number of carbonyl (C=O) groups excluding carboxylic acids is 2. The zero-order valence-electron chi connectivity index (χ0n) is 19.2. The van der Waals surface area contributed by atoms with Crippen LogP contribution in [-0.2, 0) is 17.9 Å². The molecule has 3 N–H and O–H groups in total. The number of aromatic nitrogens is 1. The van der Waals surface area contributed by atoms with Crippen molar-refractivity contribution in [1.29, 1.82) is 0 Å². The largest absolute Gasteiger partial charge is 0.495 e. The van der Waals surface area contributed by atoms with E-state index in [0.717, 1.165) is 11.1 Å². The van der Waals surface area contributed by atoms with Crippen LogP contribution in [0.4, 0.5) is 5.69 Å². The van der Waals surface area contributed by atoms with Gasteiger partial charge in [-0.05, 0) is 35.4 Å². The minimum absolute atomic E-state index is 0.227. The molecule has 0 aliphatic carbocycles. The van der Waals surface area contributed by atoms with Crippen LogP contribution < -0.4 is 15.8 Å². The molecule has 3 aromatic rings. The van der Waals surface area contributed by atoms with Gasteiger partial charge < -0.3 is 20.7 Å². The van der Waals surface area contributed by atoms with E-state index < -0.39 is 11.9 Å². The molecule has 1 aromatic heterocycles. The van der Waals surface area contributed by atoms with Crippen molar-refractivity contribution in [3.05, 3.63) is 89.7 Å². The van der Waals surface area contributed by atoms with Crippen LogP contribution in [0.25, 0.3) is 0 Å². The van der Waals surface area contributed by atoms with Gasteiger partial charge in [0.05, 0.1) is 12.8 Å². The molecule has 2 amide bonds. The third-order valence-electron chi connectivity index (χ3n) is 5.95. The number of nitrogens with one attached hydrogen (secondary N) is 1. The summed E-state index contributed by atoms with van der Waals surface area (Å²) in [6.45, 7) is 2.72. The second kappa shape index (κ2) is 10.8.